The van der Waals surface area contributed by atoms with Crippen molar-refractivity contribution in [2.45, 2.75) is 26.3 Å². The summed E-state index contributed by atoms with van der Waals surface area (Å²) in [5, 5.41) is 0. The highest BCUT2D eigenvalue weighted by Crippen LogP contribution is 2.23. The third-order valence-electron chi connectivity index (χ3n) is 4.24. The van der Waals surface area contributed by atoms with Crippen LogP contribution in [0.1, 0.15) is 41.0 Å². The van der Waals surface area contributed by atoms with Crippen LogP contribution in [0.2, 0.25) is 0 Å². The quantitative estimate of drug-likeness (QED) is 0.449. The highest BCUT2D eigenvalue weighted by atomic mass is 16.2. The van der Waals surface area contributed by atoms with Crippen molar-refractivity contribution in [1.29, 1.82) is 0 Å². The first-order valence-corrected chi connectivity index (χ1v) is 7.98. The molecule has 25 heavy (non-hydrogen) atoms. The van der Waals surface area contributed by atoms with Gasteiger partial charge in [0.2, 0.25) is 0 Å². The minimum atomic E-state index is -0.874. The summed E-state index contributed by atoms with van der Waals surface area (Å²) in [7, 11) is 0. The molecule has 8 nitrogen and oxygen atoms in total. The van der Waals surface area contributed by atoms with Gasteiger partial charge in [-0.25, -0.2) is 4.79 Å². The van der Waals surface area contributed by atoms with Gasteiger partial charge in [-0.15, -0.1) is 0 Å². The number of hydrogen-bond acceptors (Lipinski definition) is 5. The number of carbonyl (C=O) groups is 5. The number of nitrogens with zero attached hydrogens (tertiary/aromatic N) is 3. The van der Waals surface area contributed by atoms with Crippen LogP contribution in [0.4, 0.5) is 4.79 Å². The Labute approximate surface area is 144 Å². The molecular weight excluding hydrogens is 326 g/mol. The molecule has 1 fully saturated rings. The molecular formula is C17H17N3O5. The summed E-state index contributed by atoms with van der Waals surface area (Å²) in [6.07, 6.45) is 0.210. The summed E-state index contributed by atoms with van der Waals surface area (Å²) in [6, 6.07) is 5.46. The van der Waals surface area contributed by atoms with E-state index in [1.807, 2.05) is 0 Å². The first kappa shape index (κ1) is 16.8. The van der Waals surface area contributed by atoms with Crippen molar-refractivity contribution in [2.75, 3.05) is 13.1 Å². The van der Waals surface area contributed by atoms with Gasteiger partial charge in [-0.05, 0) is 32.4 Å². The zero-order valence-electron chi connectivity index (χ0n) is 13.9. The molecule has 130 valence electrons. The molecule has 1 aromatic rings. The molecule has 0 aromatic heterocycles. The second kappa shape index (κ2) is 6.12. The van der Waals surface area contributed by atoms with Gasteiger partial charge in [0.25, 0.3) is 11.8 Å². The molecule has 6 amide bonds. The Morgan fingerprint density at radius 3 is 1.76 bits per heavy atom. The van der Waals surface area contributed by atoms with Gasteiger partial charge in [-0.3, -0.25) is 33.9 Å². The van der Waals surface area contributed by atoms with Gasteiger partial charge >= 0.3 is 17.8 Å². The number of fused-ring (bicyclic) bond motifs is 1. The smallest absolute Gasteiger partial charge is 0.274 e. The van der Waals surface area contributed by atoms with Crippen LogP contribution in [-0.4, -0.2) is 63.5 Å². The topological polar surface area (TPSA) is 95.1 Å². The highest BCUT2D eigenvalue weighted by Gasteiger charge is 2.45. The fourth-order valence-corrected chi connectivity index (χ4v) is 3.00. The first-order valence-electron chi connectivity index (χ1n) is 7.98. The summed E-state index contributed by atoms with van der Waals surface area (Å²) in [6.45, 7) is 3.33. The number of urea groups is 1. The van der Waals surface area contributed by atoms with Crippen molar-refractivity contribution < 1.29 is 24.0 Å². The van der Waals surface area contributed by atoms with Crippen LogP contribution >= 0.6 is 0 Å². The van der Waals surface area contributed by atoms with Gasteiger partial charge < -0.3 is 0 Å². The van der Waals surface area contributed by atoms with E-state index in [-0.39, 0.29) is 31.3 Å². The van der Waals surface area contributed by atoms with Crippen molar-refractivity contribution in [2.24, 2.45) is 0 Å². The minimum absolute atomic E-state index is 0.0277. The second-order valence-electron chi connectivity index (χ2n) is 6.17. The van der Waals surface area contributed by atoms with Crippen molar-refractivity contribution in [3.05, 3.63) is 35.4 Å². The van der Waals surface area contributed by atoms with E-state index < -0.39 is 23.9 Å². The predicted molar refractivity (Wildman–Crippen MR) is 85.5 cm³/mol. The number of imide groups is 3. The van der Waals surface area contributed by atoms with Crippen LogP contribution in [0.25, 0.3) is 0 Å². The lowest BCUT2D eigenvalue weighted by atomic mass is 10.1. The third kappa shape index (κ3) is 2.59. The lowest BCUT2D eigenvalue weighted by Crippen LogP contribution is -2.39. The summed E-state index contributed by atoms with van der Waals surface area (Å²) in [5.74, 6) is -2.50. The largest absolute Gasteiger partial charge is 0.334 e. The normalized spacial score (nSPS) is 17.4. The SMILES string of the molecule is CC(C)N1C(=O)C(=O)N(CCCN2C(=O)c3ccccc3C2=O)C1=O. The summed E-state index contributed by atoms with van der Waals surface area (Å²) < 4.78 is 0. The summed E-state index contributed by atoms with van der Waals surface area (Å²) >= 11 is 0. The fraction of sp³-hybridized carbons (Fsp3) is 0.353. The van der Waals surface area contributed by atoms with Crippen LogP contribution in [0.3, 0.4) is 0 Å². The Morgan fingerprint density at radius 1 is 0.760 bits per heavy atom. The molecule has 0 bridgehead atoms. The van der Waals surface area contributed by atoms with Gasteiger partial charge in [0, 0.05) is 19.1 Å². The van der Waals surface area contributed by atoms with Crippen molar-refractivity contribution in [3.63, 3.8) is 0 Å². The first-order chi connectivity index (χ1) is 11.8. The molecule has 0 radical (unpaired) electrons. The molecule has 1 aromatic carbocycles. The fourth-order valence-electron chi connectivity index (χ4n) is 3.00. The number of amides is 6. The van der Waals surface area contributed by atoms with Gasteiger partial charge in [0.15, 0.2) is 0 Å². The average Bonchev–Trinajstić information content (AvgIpc) is 2.94. The molecule has 2 aliphatic heterocycles. The lowest BCUT2D eigenvalue weighted by molar-refractivity contribution is -0.143. The van der Waals surface area contributed by atoms with E-state index in [9.17, 15) is 24.0 Å². The van der Waals surface area contributed by atoms with Crippen LogP contribution in [-0.2, 0) is 9.59 Å². The van der Waals surface area contributed by atoms with E-state index in [0.29, 0.717) is 11.1 Å². The Hall–Kier alpha value is -3.03. The monoisotopic (exact) mass is 343 g/mol. The standard InChI is InChI=1S/C17H17N3O5/c1-10(2)20-16(24)15(23)19(17(20)25)9-5-8-18-13(21)11-6-3-4-7-12(11)14(18)22/h3-4,6-7,10H,5,8-9H2,1-2H3. The maximum Gasteiger partial charge on any atom is 0.334 e. The van der Waals surface area contributed by atoms with E-state index in [2.05, 4.69) is 0 Å². The number of rotatable bonds is 5. The molecule has 3 rings (SSSR count). The van der Waals surface area contributed by atoms with Gasteiger partial charge in [-0.2, -0.15) is 0 Å². The summed E-state index contributed by atoms with van der Waals surface area (Å²) in [4.78, 5) is 63.3. The Kier molecular flexibility index (Phi) is 4.12. The minimum Gasteiger partial charge on any atom is -0.274 e. The molecule has 2 aliphatic rings. The molecule has 0 unspecified atom stereocenters. The molecule has 2 heterocycles. The Bertz CT molecular complexity index is 766. The van der Waals surface area contributed by atoms with Crippen molar-refractivity contribution in [1.82, 2.24) is 14.7 Å². The van der Waals surface area contributed by atoms with Crippen LogP contribution in [0, 0.1) is 0 Å². The van der Waals surface area contributed by atoms with Gasteiger partial charge in [-0.1, -0.05) is 12.1 Å². The van der Waals surface area contributed by atoms with Crippen molar-refractivity contribution in [3.8, 4) is 0 Å². The van der Waals surface area contributed by atoms with E-state index in [1.165, 1.54) is 0 Å². The zero-order valence-corrected chi connectivity index (χ0v) is 13.9. The molecule has 0 aliphatic carbocycles. The second-order valence-corrected chi connectivity index (χ2v) is 6.17. The maximum atomic E-state index is 12.3. The zero-order chi connectivity index (χ0) is 18.3. The average molecular weight is 343 g/mol. The lowest BCUT2D eigenvalue weighted by Gasteiger charge is -2.19. The molecule has 8 heteroatoms. The predicted octanol–water partition coefficient (Wildman–Crippen LogP) is 0.872. The number of carbonyl (C=O) groups excluding carboxylic acids is 5. The van der Waals surface area contributed by atoms with E-state index in [0.717, 1.165) is 14.7 Å². The summed E-state index contributed by atoms with van der Waals surface area (Å²) in [5.41, 5.74) is 0.698. The van der Waals surface area contributed by atoms with E-state index in [1.54, 1.807) is 38.1 Å². The Balaban J connectivity index is 1.64. The third-order valence-corrected chi connectivity index (χ3v) is 4.24. The molecule has 1 saturated heterocycles. The van der Waals surface area contributed by atoms with Crippen LogP contribution in [0.15, 0.2) is 24.3 Å². The van der Waals surface area contributed by atoms with Gasteiger partial charge in [0.05, 0.1) is 11.1 Å². The van der Waals surface area contributed by atoms with Crippen molar-refractivity contribution >= 4 is 29.7 Å². The maximum absolute atomic E-state index is 12.3. The molecule has 0 atom stereocenters. The Morgan fingerprint density at radius 2 is 1.28 bits per heavy atom. The number of hydrogen-bond donors (Lipinski definition) is 0. The van der Waals surface area contributed by atoms with Crippen LogP contribution < -0.4 is 0 Å². The van der Waals surface area contributed by atoms with E-state index in [4.69, 9.17) is 0 Å². The molecule has 0 saturated carbocycles. The number of benzene rings is 1. The highest BCUT2D eigenvalue weighted by molar-refractivity contribution is 6.44. The van der Waals surface area contributed by atoms with Crippen LogP contribution in [0.5, 0.6) is 0 Å². The van der Waals surface area contributed by atoms with Gasteiger partial charge in [0.1, 0.15) is 0 Å². The van der Waals surface area contributed by atoms with E-state index >= 15 is 0 Å². The molecule has 0 N–H and O–H groups in total. The molecule has 0 spiro atoms.